The Hall–Kier alpha value is -1.90. The number of halogens is 8. The predicted molar refractivity (Wildman–Crippen MR) is 89.3 cm³/mol. The first-order valence-corrected chi connectivity index (χ1v) is 8.08. The fraction of sp³-hybridized carbons (Fsp3) is 0.176. The molecule has 1 heterocycles. The quantitative estimate of drug-likeness (QED) is 0.460. The van der Waals surface area contributed by atoms with Crippen molar-refractivity contribution in [1.82, 2.24) is 4.57 Å². The van der Waals surface area contributed by atoms with Crippen molar-refractivity contribution < 1.29 is 31.4 Å². The number of hydrogen-bond acceptors (Lipinski definition) is 1. The summed E-state index contributed by atoms with van der Waals surface area (Å²) in [7, 11) is 0. The first-order valence-electron chi connectivity index (χ1n) is 7.32. The summed E-state index contributed by atoms with van der Waals surface area (Å²) in [5.74, 6) is 0. The van der Waals surface area contributed by atoms with Gasteiger partial charge in [0.2, 0.25) is 0 Å². The molecule has 3 rings (SSSR count). The molecule has 27 heavy (non-hydrogen) atoms. The van der Waals surface area contributed by atoms with E-state index in [1.165, 1.54) is 24.3 Å². The van der Waals surface area contributed by atoms with Crippen LogP contribution in [0.1, 0.15) is 17.2 Å². The van der Waals surface area contributed by atoms with E-state index in [1.54, 1.807) is 0 Å². The van der Waals surface area contributed by atoms with Crippen molar-refractivity contribution in [2.75, 3.05) is 0 Å². The van der Waals surface area contributed by atoms with Gasteiger partial charge in [0, 0.05) is 17.1 Å². The van der Waals surface area contributed by atoms with Gasteiger partial charge in [-0.25, -0.2) is 0 Å². The zero-order valence-electron chi connectivity index (χ0n) is 13.0. The average molecular weight is 428 g/mol. The minimum absolute atomic E-state index is 0.0642. The maximum absolute atomic E-state index is 13.0. The van der Waals surface area contributed by atoms with Crippen LogP contribution in [0.15, 0.2) is 42.6 Å². The highest BCUT2D eigenvalue weighted by Gasteiger charge is 2.41. The van der Waals surface area contributed by atoms with Crippen LogP contribution in [-0.4, -0.2) is 15.8 Å². The molecule has 0 saturated heterocycles. The van der Waals surface area contributed by atoms with E-state index >= 15 is 0 Å². The number of aliphatic hydroxyl groups excluding tert-OH is 1. The van der Waals surface area contributed by atoms with Crippen LogP contribution < -0.4 is 0 Å². The van der Waals surface area contributed by atoms with Gasteiger partial charge in [-0.1, -0.05) is 41.4 Å². The van der Waals surface area contributed by atoms with Crippen molar-refractivity contribution in [1.29, 1.82) is 0 Å². The zero-order chi connectivity index (χ0) is 20.1. The molecule has 0 fully saturated rings. The summed E-state index contributed by atoms with van der Waals surface area (Å²) in [6.07, 6.45) is -11.4. The normalized spacial score (nSPS) is 14.0. The zero-order valence-corrected chi connectivity index (χ0v) is 14.5. The summed E-state index contributed by atoms with van der Waals surface area (Å²) in [5, 5.41) is 8.92. The van der Waals surface area contributed by atoms with Gasteiger partial charge in [-0.3, -0.25) is 0 Å². The van der Waals surface area contributed by atoms with Crippen LogP contribution >= 0.6 is 23.2 Å². The van der Waals surface area contributed by atoms with Crippen molar-refractivity contribution in [3.63, 3.8) is 0 Å². The predicted octanol–water partition coefficient (Wildman–Crippen LogP) is 6.55. The third kappa shape index (κ3) is 3.61. The summed E-state index contributed by atoms with van der Waals surface area (Å²) in [6.45, 7) is 0. The summed E-state index contributed by atoms with van der Waals surface area (Å²) in [4.78, 5) is 0. The highest BCUT2D eigenvalue weighted by molar-refractivity contribution is 6.38. The van der Waals surface area contributed by atoms with Crippen LogP contribution in [0.3, 0.4) is 0 Å². The average Bonchev–Trinajstić information content (AvgIpc) is 2.91. The first-order chi connectivity index (χ1) is 12.4. The monoisotopic (exact) mass is 427 g/mol. The number of para-hydroxylation sites is 1. The Bertz CT molecular complexity index is 986. The largest absolute Gasteiger partial charge is 0.418 e. The molecule has 0 saturated carbocycles. The van der Waals surface area contributed by atoms with Gasteiger partial charge in [0.15, 0.2) is 6.10 Å². The summed E-state index contributed by atoms with van der Waals surface area (Å²) < 4.78 is 78.8. The molecule has 0 bridgehead atoms. The molecule has 1 N–H and O–H groups in total. The second-order valence-corrected chi connectivity index (χ2v) is 6.52. The molecule has 0 radical (unpaired) electrons. The number of aromatic nitrogens is 1. The number of rotatable bonds is 2. The maximum Gasteiger partial charge on any atom is 0.418 e. The summed E-state index contributed by atoms with van der Waals surface area (Å²) >= 11 is 11.9. The Labute approximate surface area is 158 Å². The van der Waals surface area contributed by atoms with Gasteiger partial charge in [0.25, 0.3) is 0 Å². The Balaban J connectivity index is 2.28. The van der Waals surface area contributed by atoms with E-state index in [4.69, 9.17) is 23.2 Å². The van der Waals surface area contributed by atoms with Crippen molar-refractivity contribution in [2.45, 2.75) is 18.5 Å². The Morgan fingerprint density at radius 1 is 0.926 bits per heavy atom. The van der Waals surface area contributed by atoms with Gasteiger partial charge in [-0.05, 0) is 18.2 Å². The van der Waals surface area contributed by atoms with Crippen molar-refractivity contribution in [3.05, 3.63) is 63.8 Å². The lowest BCUT2D eigenvalue weighted by Crippen LogP contribution is -2.19. The second kappa shape index (κ2) is 6.61. The van der Waals surface area contributed by atoms with Gasteiger partial charge in [-0.15, -0.1) is 0 Å². The number of benzene rings is 2. The molecule has 10 heteroatoms. The topological polar surface area (TPSA) is 25.2 Å². The molecule has 1 aromatic heterocycles. The number of hydrogen-bond donors (Lipinski definition) is 1. The van der Waals surface area contributed by atoms with Gasteiger partial charge >= 0.3 is 12.4 Å². The molecule has 0 aliphatic heterocycles. The van der Waals surface area contributed by atoms with Crippen LogP contribution in [0.4, 0.5) is 26.3 Å². The Morgan fingerprint density at radius 2 is 1.48 bits per heavy atom. The van der Waals surface area contributed by atoms with Gasteiger partial charge in [0.05, 0.1) is 26.8 Å². The minimum atomic E-state index is -4.93. The van der Waals surface area contributed by atoms with Crippen LogP contribution in [0.25, 0.3) is 16.6 Å². The molecule has 144 valence electrons. The third-order valence-corrected chi connectivity index (χ3v) is 4.51. The summed E-state index contributed by atoms with van der Waals surface area (Å²) in [6, 6.07) is 7.05. The highest BCUT2D eigenvalue weighted by Crippen LogP contribution is 2.42. The number of aliphatic hydroxyl groups is 1. The smallest absolute Gasteiger partial charge is 0.379 e. The van der Waals surface area contributed by atoms with Gasteiger partial charge in [-0.2, -0.15) is 26.3 Å². The van der Waals surface area contributed by atoms with E-state index in [2.05, 4.69) is 0 Å². The van der Waals surface area contributed by atoms with E-state index in [0.717, 1.165) is 10.8 Å². The molecule has 3 aromatic rings. The molecule has 2 nitrogen and oxygen atoms in total. The Kier molecular flexibility index (Phi) is 4.86. The lowest BCUT2D eigenvalue weighted by molar-refractivity contribution is -0.206. The van der Waals surface area contributed by atoms with E-state index in [-0.39, 0.29) is 16.6 Å². The first kappa shape index (κ1) is 19.9. The Morgan fingerprint density at radius 3 is 2.00 bits per heavy atom. The maximum atomic E-state index is 13.0. The molecule has 0 spiro atoms. The van der Waals surface area contributed by atoms with Crippen LogP contribution in [0, 0.1) is 0 Å². The molecular formula is C17H9Cl2F6NO. The van der Waals surface area contributed by atoms with Crippen LogP contribution in [-0.2, 0) is 6.18 Å². The third-order valence-electron chi connectivity index (χ3n) is 3.93. The molecule has 1 atom stereocenters. The number of fused-ring (bicyclic) bond motifs is 1. The van der Waals surface area contributed by atoms with Crippen LogP contribution in [0.5, 0.6) is 0 Å². The van der Waals surface area contributed by atoms with E-state index in [1.807, 2.05) is 0 Å². The lowest BCUT2D eigenvalue weighted by Gasteiger charge is -2.14. The lowest BCUT2D eigenvalue weighted by atomic mass is 10.1. The van der Waals surface area contributed by atoms with E-state index in [0.29, 0.717) is 12.1 Å². The van der Waals surface area contributed by atoms with Gasteiger partial charge in [0.1, 0.15) is 0 Å². The molecule has 0 aliphatic rings. The van der Waals surface area contributed by atoms with E-state index < -0.39 is 39.6 Å². The van der Waals surface area contributed by atoms with Crippen molar-refractivity contribution in [2.24, 2.45) is 0 Å². The molecule has 1 unspecified atom stereocenters. The van der Waals surface area contributed by atoms with Crippen LogP contribution in [0.2, 0.25) is 10.0 Å². The number of alkyl halides is 6. The van der Waals surface area contributed by atoms with E-state index in [9.17, 15) is 31.4 Å². The fourth-order valence-corrected chi connectivity index (χ4v) is 3.41. The standard InChI is InChI=1S/C17H9Cl2F6NO/c18-11-5-8(16(20,21)22)6-12(19)14(11)26-7-10(15(27)17(23,24)25)9-3-1-2-4-13(9)26/h1-7,15,27H. The summed E-state index contributed by atoms with van der Waals surface area (Å²) in [5.41, 5.74) is -1.49. The number of nitrogens with zero attached hydrogens (tertiary/aromatic N) is 1. The second-order valence-electron chi connectivity index (χ2n) is 5.70. The van der Waals surface area contributed by atoms with Gasteiger partial charge < -0.3 is 9.67 Å². The fourth-order valence-electron chi connectivity index (χ4n) is 2.74. The minimum Gasteiger partial charge on any atom is -0.379 e. The molecule has 2 aromatic carbocycles. The SMILES string of the molecule is OC(c1cn(-c2c(Cl)cc(C(F)(F)F)cc2Cl)c2ccccc12)C(F)(F)F. The molecule has 0 aliphatic carbocycles. The van der Waals surface area contributed by atoms with Crippen molar-refractivity contribution >= 4 is 34.1 Å². The van der Waals surface area contributed by atoms with Crippen molar-refractivity contribution in [3.8, 4) is 5.69 Å². The highest BCUT2D eigenvalue weighted by atomic mass is 35.5. The molecular weight excluding hydrogens is 419 g/mol. The molecule has 0 amide bonds.